The summed E-state index contributed by atoms with van der Waals surface area (Å²) < 4.78 is 15.4. The minimum Gasteiger partial charge on any atom is -0.319 e. The lowest BCUT2D eigenvalue weighted by molar-refractivity contribution is 0.0972. The van der Waals surface area contributed by atoms with Gasteiger partial charge in [0.2, 0.25) is 0 Å². The Hall–Kier alpha value is -2.41. The molecule has 4 heteroatoms. The predicted molar refractivity (Wildman–Crippen MR) is 67.7 cm³/mol. The molecule has 0 spiro atoms. The van der Waals surface area contributed by atoms with Crippen molar-refractivity contribution >= 4 is 5.78 Å². The van der Waals surface area contributed by atoms with Gasteiger partial charge in [0.15, 0.2) is 5.78 Å². The number of benzene rings is 1. The largest absolute Gasteiger partial charge is 0.319 e. The van der Waals surface area contributed by atoms with E-state index in [1.54, 1.807) is 29.0 Å². The van der Waals surface area contributed by atoms with Crippen LogP contribution in [0.1, 0.15) is 34.5 Å². The van der Waals surface area contributed by atoms with Gasteiger partial charge < -0.3 is 4.57 Å². The maximum absolute atomic E-state index is 13.6. The second-order valence-electron chi connectivity index (χ2n) is 4.57. The van der Waals surface area contributed by atoms with Crippen molar-refractivity contribution in [3.05, 3.63) is 53.1 Å². The molecule has 94 valence electrons. The summed E-state index contributed by atoms with van der Waals surface area (Å²) in [6.45, 7) is 0. The molecule has 1 aromatic carbocycles. The van der Waals surface area contributed by atoms with E-state index in [9.17, 15) is 9.18 Å². The van der Waals surface area contributed by atoms with E-state index in [4.69, 9.17) is 5.26 Å². The van der Waals surface area contributed by atoms with E-state index in [1.807, 2.05) is 6.07 Å². The first kappa shape index (κ1) is 11.7. The first-order chi connectivity index (χ1) is 9.22. The number of carbonyl (C=O) groups excluding carboxylic acids is 1. The van der Waals surface area contributed by atoms with Crippen molar-refractivity contribution < 1.29 is 9.18 Å². The summed E-state index contributed by atoms with van der Waals surface area (Å²) in [4.78, 5) is 11.8. The van der Waals surface area contributed by atoms with Gasteiger partial charge in [-0.25, -0.2) is 4.39 Å². The Balaban J connectivity index is 2.22. The normalized spacial score (nSPS) is 14.0. The van der Waals surface area contributed by atoms with Gasteiger partial charge in [-0.3, -0.25) is 4.79 Å². The molecule has 1 aliphatic rings. The Morgan fingerprint density at radius 3 is 2.89 bits per heavy atom. The van der Waals surface area contributed by atoms with Crippen LogP contribution in [-0.4, -0.2) is 10.4 Å². The molecule has 0 N–H and O–H groups in total. The molecule has 3 nitrogen and oxygen atoms in total. The minimum absolute atomic E-state index is 0.0129. The summed E-state index contributed by atoms with van der Waals surface area (Å²) in [7, 11) is 0. The summed E-state index contributed by atoms with van der Waals surface area (Å²) in [5, 5.41) is 9.08. The average Bonchev–Trinajstić information content (AvgIpc) is 2.83. The van der Waals surface area contributed by atoms with Crippen molar-refractivity contribution in [2.24, 2.45) is 0 Å². The SMILES string of the molecule is N#Cc1c(F)cccc1-n1ccc2c1CCCC2=O. The molecule has 0 radical (unpaired) electrons. The van der Waals surface area contributed by atoms with Crippen LogP contribution in [0.5, 0.6) is 0 Å². The molecule has 3 rings (SSSR count). The van der Waals surface area contributed by atoms with Gasteiger partial charge in [0.05, 0.1) is 5.69 Å². The number of aromatic nitrogens is 1. The maximum Gasteiger partial charge on any atom is 0.164 e. The zero-order valence-electron chi connectivity index (χ0n) is 10.2. The van der Waals surface area contributed by atoms with Crippen molar-refractivity contribution in [2.75, 3.05) is 0 Å². The highest BCUT2D eigenvalue weighted by molar-refractivity contribution is 5.98. The molecule has 0 saturated heterocycles. The van der Waals surface area contributed by atoms with Crippen LogP contribution in [0.15, 0.2) is 30.5 Å². The molecule has 1 aromatic heterocycles. The highest BCUT2D eigenvalue weighted by atomic mass is 19.1. The van der Waals surface area contributed by atoms with Crippen molar-refractivity contribution in [3.8, 4) is 11.8 Å². The number of hydrogen-bond acceptors (Lipinski definition) is 2. The quantitative estimate of drug-likeness (QED) is 0.785. The lowest BCUT2D eigenvalue weighted by Crippen LogP contribution is -2.13. The Labute approximate surface area is 109 Å². The third-order valence-corrected chi connectivity index (χ3v) is 3.47. The van der Waals surface area contributed by atoms with E-state index in [0.717, 1.165) is 18.5 Å². The van der Waals surface area contributed by atoms with Crippen LogP contribution in [0.2, 0.25) is 0 Å². The number of carbonyl (C=O) groups is 1. The summed E-state index contributed by atoms with van der Waals surface area (Å²) >= 11 is 0. The summed E-state index contributed by atoms with van der Waals surface area (Å²) in [5.74, 6) is -0.417. The van der Waals surface area contributed by atoms with Gasteiger partial charge in [0, 0.05) is 23.9 Å². The van der Waals surface area contributed by atoms with Crippen LogP contribution in [0.3, 0.4) is 0 Å². The first-order valence-electron chi connectivity index (χ1n) is 6.15. The van der Waals surface area contributed by atoms with Gasteiger partial charge in [-0.1, -0.05) is 6.07 Å². The van der Waals surface area contributed by atoms with Crippen molar-refractivity contribution in [1.29, 1.82) is 5.26 Å². The molecule has 1 heterocycles. The number of rotatable bonds is 1. The molecular weight excluding hydrogens is 243 g/mol. The summed E-state index contributed by atoms with van der Waals surface area (Å²) in [6, 6.07) is 8.18. The van der Waals surface area contributed by atoms with Crippen LogP contribution >= 0.6 is 0 Å². The Kier molecular flexibility index (Phi) is 2.68. The molecule has 2 aromatic rings. The fraction of sp³-hybridized carbons (Fsp3) is 0.200. The van der Waals surface area contributed by atoms with Gasteiger partial charge in [0.1, 0.15) is 17.4 Å². The maximum atomic E-state index is 13.6. The lowest BCUT2D eigenvalue weighted by Gasteiger charge is -2.15. The fourth-order valence-corrected chi connectivity index (χ4v) is 2.57. The number of nitrogens with zero attached hydrogens (tertiary/aromatic N) is 2. The van der Waals surface area contributed by atoms with Crippen molar-refractivity contribution in [3.63, 3.8) is 0 Å². The zero-order chi connectivity index (χ0) is 13.4. The molecule has 0 saturated carbocycles. The monoisotopic (exact) mass is 254 g/mol. The molecule has 1 aliphatic carbocycles. The minimum atomic E-state index is -0.537. The molecule has 0 fully saturated rings. The number of nitriles is 1. The third-order valence-electron chi connectivity index (χ3n) is 3.47. The number of halogens is 1. The summed E-state index contributed by atoms with van der Waals surface area (Å²) in [5.41, 5.74) is 2.08. The first-order valence-corrected chi connectivity index (χ1v) is 6.15. The second kappa shape index (κ2) is 4.36. The van der Waals surface area contributed by atoms with Gasteiger partial charge >= 0.3 is 0 Å². The van der Waals surface area contributed by atoms with E-state index >= 15 is 0 Å². The zero-order valence-corrected chi connectivity index (χ0v) is 10.2. The van der Waals surface area contributed by atoms with Crippen LogP contribution in [-0.2, 0) is 6.42 Å². The topological polar surface area (TPSA) is 45.8 Å². The number of ketones is 1. The van der Waals surface area contributed by atoms with Gasteiger partial charge in [0.25, 0.3) is 0 Å². The predicted octanol–water partition coefficient (Wildman–Crippen LogP) is 3.01. The van der Waals surface area contributed by atoms with Gasteiger partial charge in [-0.2, -0.15) is 5.26 Å². The third kappa shape index (κ3) is 1.75. The lowest BCUT2D eigenvalue weighted by atomic mass is 9.96. The molecule has 0 unspecified atom stereocenters. The van der Waals surface area contributed by atoms with Gasteiger partial charge in [-0.15, -0.1) is 0 Å². The average molecular weight is 254 g/mol. The fourth-order valence-electron chi connectivity index (χ4n) is 2.57. The summed E-state index contributed by atoms with van der Waals surface area (Å²) in [6.07, 6.45) is 3.87. The van der Waals surface area contributed by atoms with E-state index in [0.29, 0.717) is 17.7 Å². The molecule has 0 atom stereocenters. The van der Waals surface area contributed by atoms with Crippen LogP contribution in [0, 0.1) is 17.1 Å². The second-order valence-corrected chi connectivity index (χ2v) is 4.57. The molecule has 0 amide bonds. The van der Waals surface area contributed by atoms with Crippen molar-refractivity contribution in [2.45, 2.75) is 19.3 Å². The highest BCUT2D eigenvalue weighted by Crippen LogP contribution is 2.27. The molecule has 0 bridgehead atoms. The van der Waals surface area contributed by atoms with E-state index in [2.05, 4.69) is 0 Å². The van der Waals surface area contributed by atoms with Gasteiger partial charge in [-0.05, 0) is 31.0 Å². The standard InChI is InChI=1S/C15H11FN2O/c16-12-3-1-4-14(11(12)9-17)18-8-7-10-13(18)5-2-6-15(10)19/h1,3-4,7-8H,2,5-6H2. The Morgan fingerprint density at radius 1 is 1.26 bits per heavy atom. The highest BCUT2D eigenvalue weighted by Gasteiger charge is 2.22. The Bertz CT molecular complexity index is 709. The van der Waals surface area contributed by atoms with E-state index < -0.39 is 5.82 Å². The van der Waals surface area contributed by atoms with Crippen molar-refractivity contribution in [1.82, 2.24) is 4.57 Å². The number of Topliss-reactive ketones (excluding diaryl/α,β-unsaturated/α-hetero) is 1. The smallest absolute Gasteiger partial charge is 0.164 e. The molecular formula is C15H11FN2O. The van der Waals surface area contributed by atoms with Crippen LogP contribution < -0.4 is 0 Å². The molecule has 19 heavy (non-hydrogen) atoms. The molecule has 0 aliphatic heterocycles. The number of fused-ring (bicyclic) bond motifs is 1. The van der Waals surface area contributed by atoms with Crippen LogP contribution in [0.4, 0.5) is 4.39 Å². The van der Waals surface area contributed by atoms with E-state index in [1.165, 1.54) is 6.07 Å². The van der Waals surface area contributed by atoms with Crippen LogP contribution in [0.25, 0.3) is 5.69 Å². The van der Waals surface area contributed by atoms with E-state index in [-0.39, 0.29) is 11.3 Å². The Morgan fingerprint density at radius 2 is 2.11 bits per heavy atom. The number of hydrogen-bond donors (Lipinski definition) is 0.